The van der Waals surface area contributed by atoms with E-state index in [2.05, 4.69) is 20.0 Å². The molecular formula is C14H12F2N4O2. The SMILES string of the molecule is COc1ccc(OC(F)F)c(CNc2cnc(C#N)cn2)c1. The van der Waals surface area contributed by atoms with Crippen LogP contribution in [0.5, 0.6) is 11.5 Å². The Balaban J connectivity index is 2.14. The van der Waals surface area contributed by atoms with E-state index in [4.69, 9.17) is 10.00 Å². The first-order chi connectivity index (χ1) is 10.6. The molecule has 114 valence electrons. The molecule has 0 aliphatic heterocycles. The summed E-state index contributed by atoms with van der Waals surface area (Å²) < 4.78 is 34.3. The first-order valence-electron chi connectivity index (χ1n) is 6.20. The number of aromatic nitrogens is 2. The minimum atomic E-state index is -2.91. The summed E-state index contributed by atoms with van der Waals surface area (Å²) in [6.45, 7) is -2.73. The fourth-order valence-electron chi connectivity index (χ4n) is 1.69. The fraction of sp³-hybridized carbons (Fsp3) is 0.214. The van der Waals surface area contributed by atoms with E-state index in [-0.39, 0.29) is 18.0 Å². The summed E-state index contributed by atoms with van der Waals surface area (Å²) in [7, 11) is 1.48. The molecule has 0 bridgehead atoms. The molecule has 0 unspecified atom stereocenters. The number of nitrogens with one attached hydrogen (secondary N) is 1. The van der Waals surface area contributed by atoms with Crippen LogP contribution in [-0.4, -0.2) is 23.7 Å². The van der Waals surface area contributed by atoms with Gasteiger partial charge in [0.15, 0.2) is 5.69 Å². The van der Waals surface area contributed by atoms with Gasteiger partial charge in [-0.1, -0.05) is 0 Å². The number of alkyl halides is 2. The molecule has 0 atom stereocenters. The molecule has 1 aromatic carbocycles. The lowest BCUT2D eigenvalue weighted by atomic mass is 10.2. The van der Waals surface area contributed by atoms with Gasteiger partial charge in [-0.2, -0.15) is 14.0 Å². The van der Waals surface area contributed by atoms with Crippen LogP contribution in [0.1, 0.15) is 11.3 Å². The Bertz CT molecular complexity index is 672. The smallest absolute Gasteiger partial charge is 0.387 e. The van der Waals surface area contributed by atoms with Crippen molar-refractivity contribution in [2.45, 2.75) is 13.2 Å². The number of methoxy groups -OCH3 is 1. The molecule has 0 saturated carbocycles. The predicted octanol–water partition coefficient (Wildman–Crippen LogP) is 2.57. The zero-order valence-electron chi connectivity index (χ0n) is 11.6. The summed E-state index contributed by atoms with van der Waals surface area (Å²) in [5.41, 5.74) is 0.666. The maximum absolute atomic E-state index is 12.4. The Morgan fingerprint density at radius 1 is 1.32 bits per heavy atom. The van der Waals surface area contributed by atoms with Crippen LogP contribution in [0.4, 0.5) is 14.6 Å². The monoisotopic (exact) mass is 306 g/mol. The van der Waals surface area contributed by atoms with E-state index in [9.17, 15) is 8.78 Å². The molecule has 1 aromatic heterocycles. The summed E-state index contributed by atoms with van der Waals surface area (Å²) in [6.07, 6.45) is 2.69. The second-order valence-electron chi connectivity index (χ2n) is 4.10. The Hall–Kier alpha value is -2.95. The van der Waals surface area contributed by atoms with Crippen LogP contribution in [0.3, 0.4) is 0 Å². The number of anilines is 1. The molecule has 0 aliphatic carbocycles. The van der Waals surface area contributed by atoms with Crippen LogP contribution in [0, 0.1) is 11.3 Å². The third-order valence-electron chi connectivity index (χ3n) is 2.71. The molecule has 0 amide bonds. The number of nitrogens with zero attached hydrogens (tertiary/aromatic N) is 3. The van der Waals surface area contributed by atoms with Gasteiger partial charge in [-0.15, -0.1) is 0 Å². The zero-order chi connectivity index (χ0) is 15.9. The lowest BCUT2D eigenvalue weighted by Gasteiger charge is -2.13. The van der Waals surface area contributed by atoms with Gasteiger partial charge in [-0.3, -0.25) is 0 Å². The van der Waals surface area contributed by atoms with Crippen LogP contribution in [0.15, 0.2) is 30.6 Å². The maximum atomic E-state index is 12.4. The predicted molar refractivity (Wildman–Crippen MR) is 73.7 cm³/mol. The van der Waals surface area contributed by atoms with Gasteiger partial charge in [-0.05, 0) is 18.2 Å². The summed E-state index contributed by atoms with van der Waals surface area (Å²) in [6, 6.07) is 6.38. The van der Waals surface area contributed by atoms with Crippen molar-refractivity contribution in [1.82, 2.24) is 9.97 Å². The first kappa shape index (κ1) is 15.4. The van der Waals surface area contributed by atoms with Crippen molar-refractivity contribution in [3.63, 3.8) is 0 Å². The topological polar surface area (TPSA) is 80.1 Å². The summed E-state index contributed by atoms with van der Waals surface area (Å²) in [5, 5.41) is 11.6. The fourth-order valence-corrected chi connectivity index (χ4v) is 1.69. The average Bonchev–Trinajstić information content (AvgIpc) is 2.54. The Labute approximate surface area is 125 Å². The molecule has 0 aliphatic rings. The minimum absolute atomic E-state index is 0.0462. The van der Waals surface area contributed by atoms with Crippen molar-refractivity contribution in [2.75, 3.05) is 12.4 Å². The Kier molecular flexibility index (Phi) is 5.03. The first-order valence-corrected chi connectivity index (χ1v) is 6.20. The quantitative estimate of drug-likeness (QED) is 0.883. The van der Waals surface area contributed by atoms with Crippen molar-refractivity contribution >= 4 is 5.82 Å². The van der Waals surface area contributed by atoms with Crippen molar-refractivity contribution in [3.05, 3.63) is 41.9 Å². The normalized spacial score (nSPS) is 10.1. The number of nitriles is 1. The zero-order valence-corrected chi connectivity index (χ0v) is 11.6. The summed E-state index contributed by atoms with van der Waals surface area (Å²) in [5.74, 6) is 0.971. The van der Waals surface area contributed by atoms with Gasteiger partial charge in [0.25, 0.3) is 0 Å². The third kappa shape index (κ3) is 4.02. The van der Waals surface area contributed by atoms with Crippen molar-refractivity contribution in [3.8, 4) is 17.6 Å². The molecule has 2 rings (SSSR count). The number of hydrogen-bond acceptors (Lipinski definition) is 6. The number of halogens is 2. The number of ether oxygens (including phenoxy) is 2. The van der Waals surface area contributed by atoms with Gasteiger partial charge in [0.1, 0.15) is 23.4 Å². The van der Waals surface area contributed by atoms with E-state index in [0.29, 0.717) is 17.1 Å². The van der Waals surface area contributed by atoms with Gasteiger partial charge in [0, 0.05) is 12.1 Å². The van der Waals surface area contributed by atoms with Crippen LogP contribution in [-0.2, 0) is 6.54 Å². The Morgan fingerprint density at radius 2 is 2.14 bits per heavy atom. The molecular weight excluding hydrogens is 294 g/mol. The van der Waals surface area contributed by atoms with E-state index in [0.717, 1.165) is 0 Å². The van der Waals surface area contributed by atoms with Gasteiger partial charge < -0.3 is 14.8 Å². The Morgan fingerprint density at radius 3 is 2.73 bits per heavy atom. The molecule has 2 aromatic rings. The van der Waals surface area contributed by atoms with Crippen LogP contribution < -0.4 is 14.8 Å². The molecule has 22 heavy (non-hydrogen) atoms. The van der Waals surface area contributed by atoms with Crippen molar-refractivity contribution in [2.24, 2.45) is 0 Å². The van der Waals surface area contributed by atoms with Crippen LogP contribution >= 0.6 is 0 Å². The van der Waals surface area contributed by atoms with Gasteiger partial charge >= 0.3 is 6.61 Å². The van der Waals surface area contributed by atoms with E-state index in [1.54, 1.807) is 6.07 Å². The molecule has 1 heterocycles. The number of benzene rings is 1. The van der Waals surface area contributed by atoms with E-state index in [1.807, 2.05) is 6.07 Å². The second kappa shape index (κ2) is 7.17. The average molecular weight is 306 g/mol. The standard InChI is InChI=1S/C14H12F2N4O2/c1-21-11-2-3-12(22-14(15)16)9(4-11)6-19-13-8-18-10(5-17)7-20-13/h2-4,7-8,14H,6H2,1H3,(H,19,20). The maximum Gasteiger partial charge on any atom is 0.387 e. The summed E-state index contributed by atoms with van der Waals surface area (Å²) >= 11 is 0. The highest BCUT2D eigenvalue weighted by molar-refractivity contribution is 5.43. The highest BCUT2D eigenvalue weighted by Gasteiger charge is 2.11. The van der Waals surface area contributed by atoms with Crippen molar-refractivity contribution < 1.29 is 18.3 Å². The minimum Gasteiger partial charge on any atom is -0.497 e. The van der Waals surface area contributed by atoms with E-state index in [1.165, 1.54) is 31.6 Å². The van der Waals surface area contributed by atoms with E-state index < -0.39 is 6.61 Å². The molecule has 8 heteroatoms. The summed E-state index contributed by atoms with van der Waals surface area (Å²) in [4.78, 5) is 7.83. The van der Waals surface area contributed by atoms with Crippen LogP contribution in [0.2, 0.25) is 0 Å². The molecule has 0 radical (unpaired) electrons. The molecule has 1 N–H and O–H groups in total. The highest BCUT2D eigenvalue weighted by atomic mass is 19.3. The van der Waals surface area contributed by atoms with E-state index >= 15 is 0 Å². The lowest BCUT2D eigenvalue weighted by Crippen LogP contribution is -2.08. The molecule has 0 spiro atoms. The molecule has 0 fully saturated rings. The second-order valence-corrected chi connectivity index (χ2v) is 4.10. The molecule has 6 nitrogen and oxygen atoms in total. The molecule has 0 saturated heterocycles. The lowest BCUT2D eigenvalue weighted by molar-refractivity contribution is -0.0504. The number of hydrogen-bond donors (Lipinski definition) is 1. The van der Waals surface area contributed by atoms with Gasteiger partial charge in [-0.25, -0.2) is 9.97 Å². The van der Waals surface area contributed by atoms with Gasteiger partial charge in [0.2, 0.25) is 0 Å². The third-order valence-corrected chi connectivity index (χ3v) is 2.71. The number of rotatable bonds is 6. The van der Waals surface area contributed by atoms with Gasteiger partial charge in [0.05, 0.1) is 19.5 Å². The largest absolute Gasteiger partial charge is 0.497 e. The van der Waals surface area contributed by atoms with Crippen molar-refractivity contribution in [1.29, 1.82) is 5.26 Å². The van der Waals surface area contributed by atoms with Crippen LogP contribution in [0.25, 0.3) is 0 Å². The highest BCUT2D eigenvalue weighted by Crippen LogP contribution is 2.26.